The molecule has 2 atom stereocenters. The third-order valence-corrected chi connectivity index (χ3v) is 3.80. The molecule has 1 saturated carbocycles. The van der Waals surface area contributed by atoms with E-state index in [1.807, 2.05) is 0 Å². The van der Waals surface area contributed by atoms with Gasteiger partial charge in [-0.3, -0.25) is 4.79 Å². The quantitative estimate of drug-likeness (QED) is 0.836. The van der Waals surface area contributed by atoms with Crippen LogP contribution in [0.3, 0.4) is 0 Å². The van der Waals surface area contributed by atoms with E-state index in [1.165, 1.54) is 19.2 Å². The minimum Gasteiger partial charge on any atom is -0.465 e. The average molecular weight is 294 g/mol. The second-order valence-electron chi connectivity index (χ2n) is 5.23. The number of halogens is 1. The fourth-order valence-corrected chi connectivity index (χ4v) is 2.58. The Morgan fingerprint density at radius 3 is 2.71 bits per heavy atom. The van der Waals surface area contributed by atoms with Crippen LogP contribution in [-0.4, -0.2) is 25.0 Å². The van der Waals surface area contributed by atoms with Crippen LogP contribution < -0.4 is 11.1 Å². The maximum absolute atomic E-state index is 13.8. The van der Waals surface area contributed by atoms with Crippen molar-refractivity contribution in [2.24, 2.45) is 11.7 Å². The van der Waals surface area contributed by atoms with Crippen molar-refractivity contribution in [3.8, 4) is 0 Å². The van der Waals surface area contributed by atoms with Crippen LogP contribution in [0.15, 0.2) is 18.2 Å². The van der Waals surface area contributed by atoms with E-state index in [1.54, 1.807) is 0 Å². The van der Waals surface area contributed by atoms with Gasteiger partial charge in [0.15, 0.2) is 0 Å². The zero-order chi connectivity index (χ0) is 15.4. The summed E-state index contributed by atoms with van der Waals surface area (Å²) in [6, 6.07) is 3.50. The van der Waals surface area contributed by atoms with Crippen molar-refractivity contribution in [3.63, 3.8) is 0 Å². The number of nitrogens with one attached hydrogen (secondary N) is 1. The van der Waals surface area contributed by atoms with Gasteiger partial charge in [0.05, 0.1) is 24.3 Å². The topological polar surface area (TPSA) is 81.4 Å². The molecule has 0 bridgehead atoms. The first-order chi connectivity index (χ1) is 10.0. The molecule has 1 aliphatic carbocycles. The van der Waals surface area contributed by atoms with E-state index in [0.29, 0.717) is 6.42 Å². The van der Waals surface area contributed by atoms with Gasteiger partial charge in [0.2, 0.25) is 5.91 Å². The molecule has 1 aromatic rings. The second kappa shape index (κ2) is 6.67. The van der Waals surface area contributed by atoms with Crippen LogP contribution in [0.4, 0.5) is 10.1 Å². The Morgan fingerprint density at radius 1 is 1.33 bits per heavy atom. The number of nitrogens with two attached hydrogens (primary N) is 1. The van der Waals surface area contributed by atoms with Crippen molar-refractivity contribution in [2.45, 2.75) is 31.7 Å². The fraction of sp³-hybridized carbons (Fsp3) is 0.467. The van der Waals surface area contributed by atoms with Gasteiger partial charge in [0, 0.05) is 6.04 Å². The van der Waals surface area contributed by atoms with Crippen molar-refractivity contribution in [3.05, 3.63) is 29.6 Å². The van der Waals surface area contributed by atoms with E-state index in [-0.39, 0.29) is 29.1 Å². The summed E-state index contributed by atoms with van der Waals surface area (Å²) in [4.78, 5) is 23.6. The van der Waals surface area contributed by atoms with Crippen LogP contribution in [0, 0.1) is 11.7 Å². The lowest BCUT2D eigenvalue weighted by molar-refractivity contribution is -0.121. The van der Waals surface area contributed by atoms with Gasteiger partial charge in [-0.2, -0.15) is 0 Å². The summed E-state index contributed by atoms with van der Waals surface area (Å²) >= 11 is 0. The summed E-state index contributed by atoms with van der Waals surface area (Å²) < 4.78 is 18.3. The Labute approximate surface area is 122 Å². The number of rotatable bonds is 3. The molecule has 21 heavy (non-hydrogen) atoms. The van der Waals surface area contributed by atoms with Crippen molar-refractivity contribution in [1.82, 2.24) is 0 Å². The highest BCUT2D eigenvalue weighted by Crippen LogP contribution is 2.25. The lowest BCUT2D eigenvalue weighted by Crippen LogP contribution is -2.40. The molecule has 5 nitrogen and oxygen atoms in total. The average Bonchev–Trinajstić information content (AvgIpc) is 2.49. The van der Waals surface area contributed by atoms with E-state index in [9.17, 15) is 14.0 Å². The first-order valence-electron chi connectivity index (χ1n) is 6.97. The molecular weight excluding hydrogens is 275 g/mol. The van der Waals surface area contributed by atoms with Crippen molar-refractivity contribution < 1.29 is 18.7 Å². The Hall–Kier alpha value is -1.95. The van der Waals surface area contributed by atoms with Crippen molar-refractivity contribution >= 4 is 17.6 Å². The molecule has 1 fully saturated rings. The minimum atomic E-state index is -0.597. The van der Waals surface area contributed by atoms with Gasteiger partial charge >= 0.3 is 5.97 Å². The largest absolute Gasteiger partial charge is 0.465 e. The number of methoxy groups -OCH3 is 1. The summed E-state index contributed by atoms with van der Waals surface area (Å²) in [6.07, 6.45) is 3.45. The lowest BCUT2D eigenvalue weighted by Gasteiger charge is -2.27. The zero-order valence-corrected chi connectivity index (χ0v) is 11.9. The first-order valence-corrected chi connectivity index (χ1v) is 6.97. The third-order valence-electron chi connectivity index (χ3n) is 3.80. The molecule has 0 saturated heterocycles. The third kappa shape index (κ3) is 3.58. The molecule has 0 spiro atoms. The minimum absolute atomic E-state index is 0.0272. The Morgan fingerprint density at radius 2 is 2.05 bits per heavy atom. The summed E-state index contributed by atoms with van der Waals surface area (Å²) in [7, 11) is 1.24. The van der Waals surface area contributed by atoms with E-state index in [4.69, 9.17) is 5.73 Å². The normalized spacial score (nSPS) is 21.7. The van der Waals surface area contributed by atoms with Gasteiger partial charge < -0.3 is 15.8 Å². The van der Waals surface area contributed by atoms with Gasteiger partial charge in [-0.15, -0.1) is 0 Å². The molecule has 6 heteroatoms. The van der Waals surface area contributed by atoms with Crippen molar-refractivity contribution in [2.75, 3.05) is 12.4 Å². The molecular formula is C15H19FN2O3. The SMILES string of the molecule is COC(=O)c1ccc(F)c(NC(=O)C2CCCCC2N)c1. The molecule has 114 valence electrons. The second-order valence-corrected chi connectivity index (χ2v) is 5.23. The monoisotopic (exact) mass is 294 g/mol. The number of hydrogen-bond donors (Lipinski definition) is 2. The summed E-state index contributed by atoms with van der Waals surface area (Å²) in [5.41, 5.74) is 6.10. The van der Waals surface area contributed by atoms with Crippen LogP contribution >= 0.6 is 0 Å². The summed E-state index contributed by atoms with van der Waals surface area (Å²) in [6.45, 7) is 0. The summed E-state index contributed by atoms with van der Waals surface area (Å²) in [5.74, 6) is -1.80. The molecule has 0 heterocycles. The zero-order valence-electron chi connectivity index (χ0n) is 11.9. The van der Waals surface area contributed by atoms with Crippen LogP contribution in [0.25, 0.3) is 0 Å². The maximum atomic E-state index is 13.8. The Kier molecular flexibility index (Phi) is 4.90. The standard InChI is InChI=1S/C15H19FN2O3/c1-21-15(20)9-6-7-11(16)13(8-9)18-14(19)10-4-2-3-5-12(10)17/h6-8,10,12H,2-5,17H2,1H3,(H,18,19). The molecule has 1 aromatic carbocycles. The number of ether oxygens (including phenoxy) is 1. The molecule has 2 rings (SSSR count). The number of benzene rings is 1. The van der Waals surface area contributed by atoms with E-state index < -0.39 is 11.8 Å². The molecule has 1 amide bonds. The highest BCUT2D eigenvalue weighted by Gasteiger charge is 2.28. The highest BCUT2D eigenvalue weighted by atomic mass is 19.1. The van der Waals surface area contributed by atoms with Gasteiger partial charge in [-0.1, -0.05) is 12.8 Å². The summed E-state index contributed by atoms with van der Waals surface area (Å²) in [5, 5.41) is 2.53. The number of hydrogen-bond acceptors (Lipinski definition) is 4. The van der Waals surface area contributed by atoms with Crippen LogP contribution in [0.5, 0.6) is 0 Å². The van der Waals surface area contributed by atoms with Gasteiger partial charge in [-0.05, 0) is 31.0 Å². The number of amides is 1. The fourth-order valence-electron chi connectivity index (χ4n) is 2.58. The maximum Gasteiger partial charge on any atom is 0.337 e. The smallest absolute Gasteiger partial charge is 0.337 e. The molecule has 0 radical (unpaired) electrons. The molecule has 0 aliphatic heterocycles. The Balaban J connectivity index is 2.14. The van der Waals surface area contributed by atoms with E-state index in [2.05, 4.69) is 10.1 Å². The molecule has 3 N–H and O–H groups in total. The number of anilines is 1. The Bertz CT molecular complexity index is 548. The lowest BCUT2D eigenvalue weighted by atomic mass is 9.84. The van der Waals surface area contributed by atoms with E-state index >= 15 is 0 Å². The van der Waals surface area contributed by atoms with Crippen LogP contribution in [-0.2, 0) is 9.53 Å². The van der Waals surface area contributed by atoms with Crippen LogP contribution in [0.1, 0.15) is 36.0 Å². The van der Waals surface area contributed by atoms with Gasteiger partial charge in [0.1, 0.15) is 5.82 Å². The molecule has 0 aromatic heterocycles. The van der Waals surface area contributed by atoms with Crippen molar-refractivity contribution in [1.29, 1.82) is 0 Å². The van der Waals surface area contributed by atoms with Gasteiger partial charge in [0.25, 0.3) is 0 Å². The first kappa shape index (κ1) is 15.4. The number of esters is 1. The number of carbonyl (C=O) groups is 2. The highest BCUT2D eigenvalue weighted by molar-refractivity contribution is 5.96. The number of carbonyl (C=O) groups excluding carboxylic acids is 2. The predicted octanol–water partition coefficient (Wildman–Crippen LogP) is 2.07. The predicted molar refractivity (Wildman–Crippen MR) is 76.3 cm³/mol. The molecule has 1 aliphatic rings. The van der Waals surface area contributed by atoms with E-state index in [0.717, 1.165) is 25.3 Å². The van der Waals surface area contributed by atoms with Gasteiger partial charge in [-0.25, -0.2) is 9.18 Å². The van der Waals surface area contributed by atoms with Crippen LogP contribution in [0.2, 0.25) is 0 Å². The molecule has 2 unspecified atom stereocenters.